The Bertz CT molecular complexity index is 1200. The fraction of sp³-hybridized carbons (Fsp3) is 0.0952. The van der Waals surface area contributed by atoms with Crippen molar-refractivity contribution in [2.24, 2.45) is 0 Å². The lowest BCUT2D eigenvalue weighted by Gasteiger charge is -2.08. The zero-order valence-corrected chi connectivity index (χ0v) is 17.3. The molecule has 0 saturated carbocycles. The molecule has 0 spiro atoms. The predicted octanol–water partition coefficient (Wildman–Crippen LogP) is 3.19. The summed E-state index contributed by atoms with van der Waals surface area (Å²) in [6, 6.07) is 16.2. The van der Waals surface area contributed by atoms with Gasteiger partial charge in [0.05, 0.1) is 11.0 Å². The van der Waals surface area contributed by atoms with Crippen LogP contribution in [0.4, 0.5) is 11.5 Å². The summed E-state index contributed by atoms with van der Waals surface area (Å²) in [5.74, 6) is -0.652. The van der Waals surface area contributed by atoms with E-state index in [4.69, 9.17) is 9.26 Å². The Balaban J connectivity index is 1.58. The molecule has 3 aromatic rings. The van der Waals surface area contributed by atoms with Crippen LogP contribution < -0.4 is 10.0 Å². The number of carbonyl (C=O) groups is 2. The lowest BCUT2D eigenvalue weighted by atomic mass is 10.2. The second-order valence-corrected chi connectivity index (χ2v) is 7.95. The first-order chi connectivity index (χ1) is 14.8. The number of nitrogens with zero attached hydrogens (tertiary/aromatic N) is 1. The molecule has 0 saturated heterocycles. The maximum atomic E-state index is 12.3. The molecular weight excluding hydrogens is 422 g/mol. The van der Waals surface area contributed by atoms with Crippen molar-refractivity contribution < 1.29 is 27.3 Å². The topological polar surface area (TPSA) is 128 Å². The number of amides is 1. The predicted molar refractivity (Wildman–Crippen MR) is 115 cm³/mol. The van der Waals surface area contributed by atoms with Gasteiger partial charge in [-0.05, 0) is 36.8 Å². The summed E-state index contributed by atoms with van der Waals surface area (Å²) < 4.78 is 36.7. The van der Waals surface area contributed by atoms with E-state index >= 15 is 0 Å². The molecule has 9 nitrogen and oxygen atoms in total. The van der Waals surface area contributed by atoms with Crippen LogP contribution in [0.15, 0.2) is 70.6 Å². The highest BCUT2D eigenvalue weighted by atomic mass is 32.2. The third-order valence-electron chi connectivity index (χ3n) is 3.83. The number of hydrogen-bond acceptors (Lipinski definition) is 7. The SMILES string of the molecule is Cc1cc(NC(=O)COC(=O)c2cccc(NS(=O)(=O)C=Cc3ccccc3)c2)no1. The second-order valence-electron chi connectivity index (χ2n) is 6.39. The monoisotopic (exact) mass is 441 g/mol. The van der Waals surface area contributed by atoms with E-state index in [1.807, 2.05) is 6.07 Å². The number of ether oxygens (including phenoxy) is 1. The van der Waals surface area contributed by atoms with Gasteiger partial charge in [0.25, 0.3) is 15.9 Å². The maximum Gasteiger partial charge on any atom is 0.338 e. The van der Waals surface area contributed by atoms with Gasteiger partial charge in [-0.1, -0.05) is 41.6 Å². The standard InChI is InChI=1S/C21H19N3O6S/c1-15-12-19(23-30-15)22-20(25)14-29-21(26)17-8-5-9-18(13-17)24-31(27,28)11-10-16-6-3-2-4-7-16/h2-13,24H,14H2,1H3,(H,22,23,25). The highest BCUT2D eigenvalue weighted by Crippen LogP contribution is 2.15. The highest BCUT2D eigenvalue weighted by Gasteiger charge is 2.13. The Morgan fingerprint density at radius 2 is 1.87 bits per heavy atom. The molecule has 0 aliphatic carbocycles. The van der Waals surface area contributed by atoms with E-state index in [2.05, 4.69) is 15.2 Å². The molecule has 0 bridgehead atoms. The summed E-state index contributed by atoms with van der Waals surface area (Å²) in [7, 11) is -3.80. The van der Waals surface area contributed by atoms with E-state index in [0.717, 1.165) is 11.0 Å². The lowest BCUT2D eigenvalue weighted by Crippen LogP contribution is -2.21. The summed E-state index contributed by atoms with van der Waals surface area (Å²) in [4.78, 5) is 24.0. The molecule has 0 fully saturated rings. The van der Waals surface area contributed by atoms with Gasteiger partial charge in [0.15, 0.2) is 12.4 Å². The number of benzene rings is 2. The van der Waals surface area contributed by atoms with Crippen molar-refractivity contribution in [3.63, 3.8) is 0 Å². The minimum atomic E-state index is -3.80. The number of aryl methyl sites for hydroxylation is 1. The Morgan fingerprint density at radius 1 is 1.10 bits per heavy atom. The van der Waals surface area contributed by atoms with Crippen molar-refractivity contribution in [3.8, 4) is 0 Å². The van der Waals surface area contributed by atoms with Gasteiger partial charge in [-0.3, -0.25) is 9.52 Å². The Labute approximate surface area is 178 Å². The number of esters is 1. The molecule has 3 rings (SSSR count). The molecular formula is C21H19N3O6S. The molecule has 10 heteroatoms. The van der Waals surface area contributed by atoms with Crippen LogP contribution in [0, 0.1) is 6.92 Å². The van der Waals surface area contributed by atoms with Crippen LogP contribution >= 0.6 is 0 Å². The van der Waals surface area contributed by atoms with Gasteiger partial charge in [-0.15, -0.1) is 0 Å². The zero-order valence-electron chi connectivity index (χ0n) is 16.4. The van der Waals surface area contributed by atoms with Crippen LogP contribution in [0.25, 0.3) is 6.08 Å². The van der Waals surface area contributed by atoms with Gasteiger partial charge < -0.3 is 14.6 Å². The Morgan fingerprint density at radius 3 is 2.58 bits per heavy atom. The first kappa shape index (κ1) is 21.8. The van der Waals surface area contributed by atoms with E-state index in [0.29, 0.717) is 5.76 Å². The summed E-state index contributed by atoms with van der Waals surface area (Å²) >= 11 is 0. The van der Waals surface area contributed by atoms with Crippen molar-refractivity contribution >= 4 is 39.5 Å². The van der Waals surface area contributed by atoms with Gasteiger partial charge in [0.2, 0.25) is 0 Å². The van der Waals surface area contributed by atoms with Gasteiger partial charge in [-0.25, -0.2) is 13.2 Å². The van der Waals surface area contributed by atoms with Gasteiger partial charge in [-0.2, -0.15) is 0 Å². The van der Waals surface area contributed by atoms with Crippen molar-refractivity contribution in [1.29, 1.82) is 0 Å². The van der Waals surface area contributed by atoms with E-state index in [1.165, 1.54) is 36.4 Å². The van der Waals surface area contributed by atoms with E-state index in [1.54, 1.807) is 31.2 Å². The van der Waals surface area contributed by atoms with E-state index in [9.17, 15) is 18.0 Å². The maximum absolute atomic E-state index is 12.3. The quantitative estimate of drug-likeness (QED) is 0.514. The fourth-order valence-corrected chi connectivity index (χ4v) is 3.32. The van der Waals surface area contributed by atoms with Gasteiger partial charge >= 0.3 is 5.97 Å². The molecule has 0 aliphatic rings. The Kier molecular flexibility index (Phi) is 6.83. The summed E-state index contributed by atoms with van der Waals surface area (Å²) in [6.45, 7) is 1.13. The van der Waals surface area contributed by atoms with Gasteiger partial charge in [0.1, 0.15) is 5.76 Å². The number of nitrogens with one attached hydrogen (secondary N) is 2. The molecule has 2 aromatic carbocycles. The van der Waals surface area contributed by atoms with Gasteiger partial charge in [0, 0.05) is 11.8 Å². The van der Waals surface area contributed by atoms with Crippen LogP contribution in [0.3, 0.4) is 0 Å². The Hall–Kier alpha value is -3.92. The minimum absolute atomic E-state index is 0.0809. The molecule has 1 aromatic heterocycles. The fourth-order valence-electron chi connectivity index (χ4n) is 2.46. The molecule has 1 heterocycles. The number of aromatic nitrogens is 1. The number of sulfonamides is 1. The minimum Gasteiger partial charge on any atom is -0.452 e. The molecule has 0 unspecified atom stereocenters. The molecule has 160 valence electrons. The van der Waals surface area contributed by atoms with Crippen molar-refractivity contribution in [2.45, 2.75) is 6.92 Å². The molecule has 0 aliphatic heterocycles. The second kappa shape index (κ2) is 9.72. The summed E-state index contributed by atoms with van der Waals surface area (Å²) in [6.07, 6.45) is 1.45. The first-order valence-corrected chi connectivity index (χ1v) is 10.6. The smallest absolute Gasteiger partial charge is 0.338 e. The van der Waals surface area contributed by atoms with Crippen molar-refractivity contribution in [3.05, 3.63) is 83.0 Å². The van der Waals surface area contributed by atoms with Crippen molar-refractivity contribution in [2.75, 3.05) is 16.6 Å². The number of anilines is 2. The van der Waals surface area contributed by atoms with Crippen LogP contribution in [0.5, 0.6) is 0 Å². The normalized spacial score (nSPS) is 11.3. The molecule has 0 radical (unpaired) electrons. The highest BCUT2D eigenvalue weighted by molar-refractivity contribution is 7.95. The van der Waals surface area contributed by atoms with E-state index < -0.39 is 28.5 Å². The molecule has 0 atom stereocenters. The van der Waals surface area contributed by atoms with Crippen LogP contribution in [-0.4, -0.2) is 32.1 Å². The van der Waals surface area contributed by atoms with Crippen LogP contribution in [-0.2, 0) is 19.6 Å². The number of hydrogen-bond donors (Lipinski definition) is 2. The molecule has 31 heavy (non-hydrogen) atoms. The molecule has 2 N–H and O–H groups in total. The van der Waals surface area contributed by atoms with E-state index in [-0.39, 0.29) is 17.1 Å². The lowest BCUT2D eigenvalue weighted by molar-refractivity contribution is -0.119. The summed E-state index contributed by atoms with van der Waals surface area (Å²) in [5, 5.41) is 7.05. The largest absolute Gasteiger partial charge is 0.452 e. The third kappa shape index (κ3) is 6.82. The number of carbonyl (C=O) groups excluding carboxylic acids is 2. The van der Waals surface area contributed by atoms with Crippen LogP contribution in [0.1, 0.15) is 21.7 Å². The number of rotatable bonds is 8. The average Bonchev–Trinajstić information content (AvgIpc) is 3.15. The average molecular weight is 441 g/mol. The summed E-state index contributed by atoms with van der Waals surface area (Å²) in [5.41, 5.74) is 0.983. The molecule has 1 amide bonds. The third-order valence-corrected chi connectivity index (χ3v) is 4.84. The van der Waals surface area contributed by atoms with Crippen molar-refractivity contribution in [1.82, 2.24) is 5.16 Å². The first-order valence-electron chi connectivity index (χ1n) is 9.07. The van der Waals surface area contributed by atoms with Crippen LogP contribution in [0.2, 0.25) is 0 Å². The zero-order chi connectivity index (χ0) is 22.3.